The summed E-state index contributed by atoms with van der Waals surface area (Å²) in [6.45, 7) is 8.06. The van der Waals surface area contributed by atoms with Crippen molar-refractivity contribution < 1.29 is 19.0 Å². The largest absolute Gasteiger partial charge is 0.491 e. The van der Waals surface area contributed by atoms with Crippen LogP contribution >= 0.6 is 11.3 Å². The number of esters is 1. The molecule has 0 saturated heterocycles. The molecule has 0 N–H and O–H groups in total. The van der Waals surface area contributed by atoms with Gasteiger partial charge in [-0.15, -0.1) is 0 Å². The Labute approximate surface area is 265 Å². The molecule has 1 aromatic heterocycles. The minimum absolute atomic E-state index is 0.0182. The van der Waals surface area contributed by atoms with Gasteiger partial charge in [0.25, 0.3) is 5.56 Å². The number of hydrogen-bond donors (Lipinski definition) is 0. The number of hydrogen-bond acceptors (Lipinski definition) is 7. The smallest absolute Gasteiger partial charge is 0.338 e. The first-order chi connectivity index (χ1) is 21.8. The molecule has 0 bridgehead atoms. The van der Waals surface area contributed by atoms with Crippen molar-refractivity contribution >= 4 is 34.2 Å². The molecule has 0 unspecified atom stereocenters. The van der Waals surface area contributed by atoms with Crippen molar-refractivity contribution in [1.82, 2.24) is 4.57 Å². The van der Waals surface area contributed by atoms with Crippen LogP contribution in [0.3, 0.4) is 0 Å². The molecule has 1 aliphatic heterocycles. The fourth-order valence-corrected chi connectivity index (χ4v) is 6.59. The molecule has 7 nitrogen and oxygen atoms in total. The highest BCUT2D eigenvalue weighted by molar-refractivity contribution is 7.07. The van der Waals surface area contributed by atoms with Crippen LogP contribution in [0.5, 0.6) is 11.5 Å². The van der Waals surface area contributed by atoms with Gasteiger partial charge < -0.3 is 14.2 Å². The Bertz CT molecular complexity index is 2080. The predicted octanol–water partition coefficient (Wildman–Crippen LogP) is 6.32. The summed E-state index contributed by atoms with van der Waals surface area (Å²) in [6.07, 6.45) is 1.85. The van der Waals surface area contributed by atoms with Crippen LogP contribution in [0, 0.1) is 0 Å². The van der Waals surface area contributed by atoms with Gasteiger partial charge in [0.1, 0.15) is 18.1 Å². The van der Waals surface area contributed by atoms with Gasteiger partial charge in [-0.2, -0.15) is 0 Å². The summed E-state index contributed by atoms with van der Waals surface area (Å²) < 4.78 is 19.7. The summed E-state index contributed by atoms with van der Waals surface area (Å²) in [5.74, 6) is 0.879. The van der Waals surface area contributed by atoms with Crippen LogP contribution in [0.25, 0.3) is 16.8 Å². The predicted molar refractivity (Wildman–Crippen MR) is 177 cm³/mol. The summed E-state index contributed by atoms with van der Waals surface area (Å²) in [7, 11) is 0. The van der Waals surface area contributed by atoms with Crippen molar-refractivity contribution in [1.29, 1.82) is 0 Å². The lowest BCUT2D eigenvalue weighted by Gasteiger charge is -2.25. The van der Waals surface area contributed by atoms with Crippen molar-refractivity contribution in [2.24, 2.45) is 4.99 Å². The minimum Gasteiger partial charge on any atom is -0.491 e. The summed E-state index contributed by atoms with van der Waals surface area (Å²) in [5, 5.41) is 2.30. The van der Waals surface area contributed by atoms with E-state index < -0.39 is 12.0 Å². The Morgan fingerprint density at radius 1 is 0.978 bits per heavy atom. The third-order valence-corrected chi connectivity index (χ3v) is 8.54. The Hall–Kier alpha value is -4.95. The van der Waals surface area contributed by atoms with Crippen molar-refractivity contribution in [3.05, 3.63) is 139 Å². The average Bonchev–Trinajstić information content (AvgIpc) is 3.33. The number of fused-ring (bicyclic) bond motifs is 2. The number of thiazole rings is 1. The molecule has 2 heterocycles. The zero-order chi connectivity index (χ0) is 31.5. The van der Waals surface area contributed by atoms with Gasteiger partial charge in [-0.05, 0) is 73.9 Å². The topological polar surface area (TPSA) is 79.1 Å². The van der Waals surface area contributed by atoms with E-state index in [0.29, 0.717) is 38.7 Å². The molecule has 228 valence electrons. The van der Waals surface area contributed by atoms with Gasteiger partial charge >= 0.3 is 5.97 Å². The maximum atomic E-state index is 14.1. The molecule has 6 rings (SSSR count). The fourth-order valence-electron chi connectivity index (χ4n) is 5.55. The van der Waals surface area contributed by atoms with Crippen LogP contribution in [0.2, 0.25) is 0 Å². The molecule has 4 aromatic carbocycles. The van der Waals surface area contributed by atoms with E-state index in [1.165, 1.54) is 11.3 Å². The van der Waals surface area contributed by atoms with E-state index in [4.69, 9.17) is 19.2 Å². The van der Waals surface area contributed by atoms with Crippen LogP contribution in [0.15, 0.2) is 112 Å². The van der Waals surface area contributed by atoms with Crippen molar-refractivity contribution in [2.45, 2.75) is 46.4 Å². The lowest BCUT2D eigenvalue weighted by molar-refractivity contribution is -0.139. The molecule has 0 aliphatic carbocycles. The van der Waals surface area contributed by atoms with E-state index in [1.807, 2.05) is 86.7 Å². The normalized spacial score (nSPS) is 14.8. The van der Waals surface area contributed by atoms with Crippen LogP contribution in [0.1, 0.15) is 50.4 Å². The molecule has 0 radical (unpaired) electrons. The number of para-hydroxylation sites is 1. The molecule has 0 saturated carbocycles. The van der Waals surface area contributed by atoms with Gasteiger partial charge in [0.2, 0.25) is 0 Å². The highest BCUT2D eigenvalue weighted by atomic mass is 32.1. The number of carbonyl (C=O) groups is 1. The van der Waals surface area contributed by atoms with E-state index in [-0.39, 0.29) is 18.3 Å². The fraction of sp³-hybridized carbons (Fsp3) is 0.216. The standard InChI is InChI=1S/C37H34N2O5S/c1-5-42-36(41)33-24(4)38-37-39(34(33)26-17-19-29(20-18-26)44-23(2)3)35(40)32(45-37)21-27-12-7-9-16-31(27)43-22-28-14-10-13-25-11-6-8-15-30(25)28/h6-21,23,34H,5,22H2,1-4H3/b32-21+/t34-/m0/s1. The summed E-state index contributed by atoms with van der Waals surface area (Å²) >= 11 is 1.28. The van der Waals surface area contributed by atoms with Gasteiger partial charge in [-0.25, -0.2) is 9.79 Å². The maximum Gasteiger partial charge on any atom is 0.338 e. The van der Waals surface area contributed by atoms with E-state index in [1.54, 1.807) is 18.4 Å². The summed E-state index contributed by atoms with van der Waals surface area (Å²) in [5.41, 5.74) is 3.23. The molecule has 45 heavy (non-hydrogen) atoms. The number of allylic oxidation sites excluding steroid dienone is 1. The SMILES string of the molecule is CCOC(=O)C1=C(C)N=c2s/c(=C/c3ccccc3OCc3cccc4ccccc34)c(=O)n2[C@H]1c1ccc(OC(C)C)cc1. The van der Waals surface area contributed by atoms with Crippen LogP contribution < -0.4 is 24.4 Å². The van der Waals surface area contributed by atoms with E-state index in [0.717, 1.165) is 27.5 Å². The minimum atomic E-state index is -0.701. The third-order valence-electron chi connectivity index (χ3n) is 7.55. The second-order valence-electron chi connectivity index (χ2n) is 11.0. The number of benzene rings is 4. The third kappa shape index (κ3) is 6.19. The highest BCUT2D eigenvalue weighted by Crippen LogP contribution is 2.32. The maximum absolute atomic E-state index is 14.1. The lowest BCUT2D eigenvalue weighted by atomic mass is 9.96. The molecule has 0 fully saturated rings. The molecular weight excluding hydrogens is 584 g/mol. The summed E-state index contributed by atoms with van der Waals surface area (Å²) in [6, 6.07) is 28.8. The Morgan fingerprint density at radius 2 is 1.71 bits per heavy atom. The first-order valence-electron chi connectivity index (χ1n) is 15.0. The average molecular weight is 619 g/mol. The molecule has 8 heteroatoms. The Kier molecular flexibility index (Phi) is 8.67. The van der Waals surface area contributed by atoms with Crippen LogP contribution in [-0.4, -0.2) is 23.2 Å². The highest BCUT2D eigenvalue weighted by Gasteiger charge is 2.33. The van der Waals surface area contributed by atoms with Gasteiger partial charge in [-0.1, -0.05) is 84.1 Å². The monoisotopic (exact) mass is 618 g/mol. The van der Waals surface area contributed by atoms with Crippen molar-refractivity contribution in [2.75, 3.05) is 6.61 Å². The van der Waals surface area contributed by atoms with E-state index in [2.05, 4.69) is 24.3 Å². The molecule has 0 spiro atoms. The number of aromatic nitrogens is 1. The lowest BCUT2D eigenvalue weighted by Crippen LogP contribution is -2.39. The van der Waals surface area contributed by atoms with Crippen LogP contribution in [-0.2, 0) is 16.1 Å². The number of carbonyl (C=O) groups excluding carboxylic acids is 1. The van der Waals surface area contributed by atoms with E-state index >= 15 is 0 Å². The first kappa shape index (κ1) is 30.1. The Balaban J connectivity index is 1.40. The van der Waals surface area contributed by atoms with Gasteiger partial charge in [0.05, 0.1) is 34.6 Å². The first-order valence-corrected chi connectivity index (χ1v) is 15.8. The van der Waals surface area contributed by atoms with Crippen LogP contribution in [0.4, 0.5) is 0 Å². The second-order valence-corrected chi connectivity index (χ2v) is 12.0. The zero-order valence-corrected chi connectivity index (χ0v) is 26.5. The van der Waals surface area contributed by atoms with Crippen molar-refractivity contribution in [3.63, 3.8) is 0 Å². The van der Waals surface area contributed by atoms with Gasteiger partial charge in [0, 0.05) is 5.56 Å². The molecule has 1 atom stereocenters. The molecular formula is C37H34N2O5S. The summed E-state index contributed by atoms with van der Waals surface area (Å²) in [4.78, 5) is 32.6. The second kappa shape index (κ2) is 13.0. The Morgan fingerprint density at radius 3 is 2.49 bits per heavy atom. The quantitative estimate of drug-likeness (QED) is 0.181. The van der Waals surface area contributed by atoms with Crippen molar-refractivity contribution in [3.8, 4) is 11.5 Å². The molecule has 1 aliphatic rings. The van der Waals surface area contributed by atoms with E-state index in [9.17, 15) is 9.59 Å². The molecule has 0 amide bonds. The van der Waals surface area contributed by atoms with Gasteiger partial charge in [-0.3, -0.25) is 9.36 Å². The number of nitrogens with zero attached hydrogens (tertiary/aromatic N) is 2. The van der Waals surface area contributed by atoms with Gasteiger partial charge in [0.15, 0.2) is 4.80 Å². The molecule has 5 aromatic rings. The number of rotatable bonds is 9. The number of ether oxygens (including phenoxy) is 3. The zero-order valence-electron chi connectivity index (χ0n) is 25.7.